The fourth-order valence-corrected chi connectivity index (χ4v) is 4.87. The van der Waals surface area contributed by atoms with E-state index in [4.69, 9.17) is 0 Å². The molecule has 6 nitrogen and oxygen atoms in total. The van der Waals surface area contributed by atoms with E-state index in [1.807, 2.05) is 23.2 Å². The standard InChI is InChI=1S/C24H28FN5O/c25-20-6-3-7-21-19(20)15-22(27-21)24(31)30-10-4-5-18(17-30)16-28-11-13-29(14-12-28)23-8-1-2-9-26-23/h1-3,6-9,15,18,27H,4-5,10-14,16-17H2. The molecule has 0 radical (unpaired) electrons. The summed E-state index contributed by atoms with van der Waals surface area (Å²) in [6, 6.07) is 12.6. The Morgan fingerprint density at radius 2 is 1.97 bits per heavy atom. The molecule has 2 fully saturated rings. The summed E-state index contributed by atoms with van der Waals surface area (Å²) >= 11 is 0. The number of aromatic nitrogens is 2. The van der Waals surface area contributed by atoms with Gasteiger partial charge in [0.15, 0.2) is 0 Å². The summed E-state index contributed by atoms with van der Waals surface area (Å²) in [7, 11) is 0. The first kappa shape index (κ1) is 20.0. The van der Waals surface area contributed by atoms with Crippen LogP contribution in [0.1, 0.15) is 23.3 Å². The number of benzene rings is 1. The van der Waals surface area contributed by atoms with Crippen molar-refractivity contribution in [2.75, 3.05) is 50.7 Å². The maximum absolute atomic E-state index is 14.0. The maximum Gasteiger partial charge on any atom is 0.270 e. The minimum Gasteiger partial charge on any atom is -0.354 e. The minimum absolute atomic E-state index is 0.0275. The van der Waals surface area contributed by atoms with Gasteiger partial charge in [0.1, 0.15) is 17.3 Å². The van der Waals surface area contributed by atoms with Gasteiger partial charge < -0.3 is 14.8 Å². The van der Waals surface area contributed by atoms with Gasteiger partial charge in [0.05, 0.1) is 0 Å². The van der Waals surface area contributed by atoms with Crippen LogP contribution in [0.2, 0.25) is 0 Å². The Bertz CT molecular complexity index is 1040. The monoisotopic (exact) mass is 421 g/mol. The number of aromatic amines is 1. The molecule has 7 heteroatoms. The van der Waals surface area contributed by atoms with E-state index >= 15 is 0 Å². The highest BCUT2D eigenvalue weighted by Crippen LogP contribution is 2.23. The number of likely N-dealkylation sites (tertiary alicyclic amines) is 1. The lowest BCUT2D eigenvalue weighted by Gasteiger charge is -2.39. The average molecular weight is 422 g/mol. The normalized spacial score (nSPS) is 20.4. The van der Waals surface area contributed by atoms with E-state index in [0.717, 1.165) is 64.5 Å². The molecule has 1 amide bonds. The molecule has 2 aromatic heterocycles. The third-order valence-corrected chi connectivity index (χ3v) is 6.51. The summed E-state index contributed by atoms with van der Waals surface area (Å²) in [6.07, 6.45) is 4.00. The van der Waals surface area contributed by atoms with Gasteiger partial charge in [0, 0.05) is 62.9 Å². The number of fused-ring (bicyclic) bond motifs is 1. The van der Waals surface area contributed by atoms with Gasteiger partial charge in [-0.05, 0) is 49.1 Å². The molecule has 4 heterocycles. The Morgan fingerprint density at radius 1 is 1.10 bits per heavy atom. The third kappa shape index (κ3) is 4.28. The highest BCUT2D eigenvalue weighted by molar-refractivity contribution is 5.98. The maximum atomic E-state index is 14.0. The number of piperazine rings is 1. The quantitative estimate of drug-likeness (QED) is 0.702. The predicted octanol–water partition coefficient (Wildman–Crippen LogP) is 3.38. The number of nitrogens with zero attached hydrogens (tertiary/aromatic N) is 4. The molecule has 5 rings (SSSR count). The van der Waals surface area contributed by atoms with E-state index in [1.54, 1.807) is 18.2 Å². The van der Waals surface area contributed by atoms with Crippen molar-refractivity contribution < 1.29 is 9.18 Å². The largest absolute Gasteiger partial charge is 0.354 e. The summed E-state index contributed by atoms with van der Waals surface area (Å²) < 4.78 is 14.0. The molecule has 0 saturated carbocycles. The summed E-state index contributed by atoms with van der Waals surface area (Å²) in [6.45, 7) is 6.53. The zero-order chi connectivity index (χ0) is 21.2. The number of hydrogen-bond donors (Lipinski definition) is 1. The molecule has 0 aliphatic carbocycles. The van der Waals surface area contributed by atoms with Gasteiger partial charge in [-0.25, -0.2) is 9.37 Å². The molecule has 1 unspecified atom stereocenters. The van der Waals surface area contributed by atoms with Crippen molar-refractivity contribution in [2.24, 2.45) is 5.92 Å². The van der Waals surface area contributed by atoms with Crippen molar-refractivity contribution >= 4 is 22.6 Å². The van der Waals surface area contributed by atoms with E-state index in [9.17, 15) is 9.18 Å². The van der Waals surface area contributed by atoms with Crippen LogP contribution in [0, 0.1) is 11.7 Å². The lowest BCUT2D eigenvalue weighted by Crippen LogP contribution is -2.50. The molecule has 31 heavy (non-hydrogen) atoms. The highest BCUT2D eigenvalue weighted by atomic mass is 19.1. The number of H-pyrrole nitrogens is 1. The van der Waals surface area contributed by atoms with Crippen LogP contribution in [0.25, 0.3) is 10.9 Å². The minimum atomic E-state index is -0.297. The lowest BCUT2D eigenvalue weighted by atomic mass is 9.96. The van der Waals surface area contributed by atoms with Crippen molar-refractivity contribution in [1.82, 2.24) is 19.8 Å². The fourth-order valence-electron chi connectivity index (χ4n) is 4.87. The first-order valence-electron chi connectivity index (χ1n) is 11.1. The molecule has 1 aromatic carbocycles. The van der Waals surface area contributed by atoms with Crippen LogP contribution in [-0.4, -0.2) is 71.5 Å². The molecule has 2 aliphatic rings. The van der Waals surface area contributed by atoms with Crippen molar-refractivity contribution in [3.8, 4) is 0 Å². The molecule has 1 atom stereocenters. The predicted molar refractivity (Wildman–Crippen MR) is 120 cm³/mol. The Balaban J connectivity index is 1.18. The van der Waals surface area contributed by atoms with Crippen molar-refractivity contribution in [3.63, 3.8) is 0 Å². The van der Waals surface area contributed by atoms with Crippen LogP contribution >= 0.6 is 0 Å². The van der Waals surface area contributed by atoms with Gasteiger partial charge in [-0.15, -0.1) is 0 Å². The van der Waals surface area contributed by atoms with Crippen LogP contribution in [-0.2, 0) is 0 Å². The van der Waals surface area contributed by atoms with Crippen molar-refractivity contribution in [3.05, 3.63) is 60.2 Å². The molecular weight excluding hydrogens is 393 g/mol. The van der Waals surface area contributed by atoms with Gasteiger partial charge in [0.25, 0.3) is 5.91 Å². The van der Waals surface area contributed by atoms with Crippen molar-refractivity contribution in [1.29, 1.82) is 0 Å². The van der Waals surface area contributed by atoms with E-state index in [0.29, 0.717) is 22.5 Å². The number of pyridine rings is 1. The summed E-state index contributed by atoms with van der Waals surface area (Å²) in [5.41, 5.74) is 1.15. The smallest absolute Gasteiger partial charge is 0.270 e. The first-order valence-corrected chi connectivity index (χ1v) is 11.1. The second-order valence-electron chi connectivity index (χ2n) is 8.62. The molecular formula is C24H28FN5O. The molecule has 3 aromatic rings. The van der Waals surface area contributed by atoms with Gasteiger partial charge in [-0.2, -0.15) is 0 Å². The van der Waals surface area contributed by atoms with Gasteiger partial charge in [-0.3, -0.25) is 9.69 Å². The Labute approximate surface area is 181 Å². The second kappa shape index (κ2) is 8.67. The molecule has 162 valence electrons. The number of hydrogen-bond acceptors (Lipinski definition) is 4. The van der Waals surface area contributed by atoms with Crippen LogP contribution < -0.4 is 4.90 Å². The first-order chi connectivity index (χ1) is 15.2. The van der Waals surface area contributed by atoms with Gasteiger partial charge in [-0.1, -0.05) is 12.1 Å². The van der Waals surface area contributed by atoms with E-state index < -0.39 is 0 Å². The molecule has 1 N–H and O–H groups in total. The number of nitrogens with one attached hydrogen (secondary N) is 1. The highest BCUT2D eigenvalue weighted by Gasteiger charge is 2.28. The SMILES string of the molecule is O=C(c1cc2c(F)cccc2[nH]1)N1CCCC(CN2CCN(c3ccccn3)CC2)C1. The van der Waals surface area contributed by atoms with Crippen LogP contribution in [0.15, 0.2) is 48.7 Å². The number of piperidine rings is 1. The zero-order valence-corrected chi connectivity index (χ0v) is 17.6. The third-order valence-electron chi connectivity index (χ3n) is 6.51. The number of amides is 1. The number of carbonyl (C=O) groups is 1. The van der Waals surface area contributed by atoms with Crippen LogP contribution in [0.4, 0.5) is 10.2 Å². The van der Waals surface area contributed by atoms with Crippen LogP contribution in [0.3, 0.4) is 0 Å². The Morgan fingerprint density at radius 3 is 2.74 bits per heavy atom. The van der Waals surface area contributed by atoms with E-state index in [2.05, 4.69) is 25.8 Å². The van der Waals surface area contributed by atoms with E-state index in [1.165, 1.54) is 6.07 Å². The number of rotatable bonds is 4. The Kier molecular flexibility index (Phi) is 5.59. The number of carbonyl (C=O) groups excluding carboxylic acids is 1. The number of halogens is 1. The average Bonchev–Trinajstić information content (AvgIpc) is 3.26. The van der Waals surface area contributed by atoms with Gasteiger partial charge in [0.2, 0.25) is 0 Å². The summed E-state index contributed by atoms with van der Waals surface area (Å²) in [4.78, 5) is 27.4. The fraction of sp³-hybridized carbons (Fsp3) is 0.417. The zero-order valence-electron chi connectivity index (χ0n) is 17.6. The summed E-state index contributed by atoms with van der Waals surface area (Å²) in [5, 5.41) is 0.477. The van der Waals surface area contributed by atoms with Gasteiger partial charge >= 0.3 is 0 Å². The van der Waals surface area contributed by atoms with E-state index in [-0.39, 0.29) is 11.7 Å². The second-order valence-corrected chi connectivity index (χ2v) is 8.62. The molecule has 2 aliphatic heterocycles. The molecule has 0 bridgehead atoms. The topological polar surface area (TPSA) is 55.5 Å². The lowest BCUT2D eigenvalue weighted by molar-refractivity contribution is 0.0632. The molecule has 2 saturated heterocycles. The van der Waals surface area contributed by atoms with Crippen LogP contribution in [0.5, 0.6) is 0 Å². The van der Waals surface area contributed by atoms with Crippen molar-refractivity contribution in [2.45, 2.75) is 12.8 Å². The number of anilines is 1. The summed E-state index contributed by atoms with van der Waals surface area (Å²) in [5.74, 6) is 1.20. The molecule has 0 spiro atoms. The Hall–Kier alpha value is -2.93.